The Morgan fingerprint density at radius 2 is 1.59 bits per heavy atom. The zero-order valence-corrected chi connectivity index (χ0v) is 11.4. The minimum absolute atomic E-state index is 0.0578. The lowest BCUT2D eigenvalue weighted by atomic mass is 10.2. The molecule has 1 aromatic carbocycles. The van der Waals surface area contributed by atoms with Crippen LogP contribution in [0.4, 0.5) is 0 Å². The van der Waals surface area contributed by atoms with Crippen LogP contribution in [0.1, 0.15) is 18.4 Å². The highest BCUT2D eigenvalue weighted by molar-refractivity contribution is 14.1. The van der Waals surface area contributed by atoms with Gasteiger partial charge in [0.2, 0.25) is 0 Å². The van der Waals surface area contributed by atoms with Gasteiger partial charge in [-0.1, -0.05) is 30.3 Å². The van der Waals surface area contributed by atoms with E-state index in [9.17, 15) is 9.59 Å². The second-order valence-electron chi connectivity index (χ2n) is 3.27. The summed E-state index contributed by atoms with van der Waals surface area (Å²) in [4.78, 5) is 22.3. The molecule has 0 aliphatic carbocycles. The molecule has 0 fully saturated rings. The third-order valence-electron chi connectivity index (χ3n) is 1.99. The standard InChI is InChI=1S/C12H13IO4/c13-9-17-12(15)7-6-11(14)16-8-10-4-2-1-3-5-10/h1-5H,6-9H2. The van der Waals surface area contributed by atoms with Crippen molar-refractivity contribution in [2.75, 3.05) is 4.61 Å². The van der Waals surface area contributed by atoms with E-state index in [0.29, 0.717) is 4.61 Å². The van der Waals surface area contributed by atoms with E-state index >= 15 is 0 Å². The average molecular weight is 348 g/mol. The lowest BCUT2D eigenvalue weighted by Gasteiger charge is -2.04. The molecule has 0 atom stereocenters. The Kier molecular flexibility index (Phi) is 6.61. The molecular weight excluding hydrogens is 335 g/mol. The molecule has 0 aromatic heterocycles. The van der Waals surface area contributed by atoms with E-state index in [0.717, 1.165) is 5.56 Å². The molecule has 92 valence electrons. The lowest BCUT2D eigenvalue weighted by molar-refractivity contribution is -0.149. The summed E-state index contributed by atoms with van der Waals surface area (Å²) in [6.07, 6.45) is 0.124. The van der Waals surface area contributed by atoms with Gasteiger partial charge in [0.15, 0.2) is 0 Å². The maximum absolute atomic E-state index is 11.3. The molecule has 0 radical (unpaired) electrons. The number of rotatable bonds is 6. The second-order valence-corrected chi connectivity index (χ2v) is 3.89. The van der Waals surface area contributed by atoms with Crippen LogP contribution in [-0.2, 0) is 25.7 Å². The Morgan fingerprint density at radius 3 is 2.18 bits per heavy atom. The first kappa shape index (κ1) is 14.0. The number of ether oxygens (including phenoxy) is 2. The van der Waals surface area contributed by atoms with Crippen LogP contribution in [0.5, 0.6) is 0 Å². The van der Waals surface area contributed by atoms with Crippen LogP contribution in [0.15, 0.2) is 30.3 Å². The van der Waals surface area contributed by atoms with E-state index in [-0.39, 0.29) is 31.4 Å². The van der Waals surface area contributed by atoms with Crippen LogP contribution in [0.25, 0.3) is 0 Å². The number of halogens is 1. The van der Waals surface area contributed by atoms with Crippen molar-refractivity contribution in [3.05, 3.63) is 35.9 Å². The predicted molar refractivity (Wildman–Crippen MR) is 70.5 cm³/mol. The molecular formula is C12H13IO4. The maximum atomic E-state index is 11.3. The fourth-order valence-corrected chi connectivity index (χ4v) is 1.49. The molecule has 17 heavy (non-hydrogen) atoms. The van der Waals surface area contributed by atoms with Crippen LogP contribution < -0.4 is 0 Å². The topological polar surface area (TPSA) is 52.6 Å². The van der Waals surface area contributed by atoms with E-state index in [1.807, 2.05) is 52.9 Å². The van der Waals surface area contributed by atoms with Crippen LogP contribution in [0, 0.1) is 0 Å². The van der Waals surface area contributed by atoms with Crippen molar-refractivity contribution < 1.29 is 19.1 Å². The summed E-state index contributed by atoms with van der Waals surface area (Å²) in [6, 6.07) is 9.39. The summed E-state index contributed by atoms with van der Waals surface area (Å²) in [6.45, 7) is 0.237. The molecule has 0 N–H and O–H groups in total. The smallest absolute Gasteiger partial charge is 0.307 e. The van der Waals surface area contributed by atoms with Crippen molar-refractivity contribution >= 4 is 34.5 Å². The summed E-state index contributed by atoms with van der Waals surface area (Å²) in [5, 5.41) is 0. The van der Waals surface area contributed by atoms with Gasteiger partial charge >= 0.3 is 11.9 Å². The van der Waals surface area contributed by atoms with Crippen molar-refractivity contribution in [2.24, 2.45) is 0 Å². The van der Waals surface area contributed by atoms with E-state index in [4.69, 9.17) is 9.47 Å². The second kappa shape index (κ2) is 8.05. The van der Waals surface area contributed by atoms with E-state index < -0.39 is 0 Å². The monoisotopic (exact) mass is 348 g/mol. The molecule has 0 aliphatic rings. The Balaban J connectivity index is 2.20. The largest absolute Gasteiger partial charge is 0.461 e. The number of carbonyl (C=O) groups is 2. The molecule has 0 aliphatic heterocycles. The zero-order valence-electron chi connectivity index (χ0n) is 9.23. The van der Waals surface area contributed by atoms with E-state index in [1.54, 1.807) is 0 Å². The van der Waals surface area contributed by atoms with Crippen LogP contribution in [0.3, 0.4) is 0 Å². The number of benzene rings is 1. The normalized spacial score (nSPS) is 9.71. The van der Waals surface area contributed by atoms with Crippen LogP contribution in [0.2, 0.25) is 0 Å². The summed E-state index contributed by atoms with van der Waals surface area (Å²) in [5.41, 5.74) is 0.927. The van der Waals surface area contributed by atoms with E-state index in [2.05, 4.69) is 0 Å². The maximum Gasteiger partial charge on any atom is 0.307 e. The summed E-state index contributed by atoms with van der Waals surface area (Å²) >= 11 is 1.92. The van der Waals surface area contributed by atoms with Crippen molar-refractivity contribution in [1.29, 1.82) is 0 Å². The molecule has 0 heterocycles. The molecule has 4 nitrogen and oxygen atoms in total. The number of alkyl halides is 1. The average Bonchev–Trinajstić information content (AvgIpc) is 2.35. The molecule has 5 heteroatoms. The molecule has 0 spiro atoms. The Morgan fingerprint density at radius 1 is 1.00 bits per heavy atom. The first-order chi connectivity index (χ1) is 8.22. The lowest BCUT2D eigenvalue weighted by Crippen LogP contribution is -2.09. The van der Waals surface area contributed by atoms with Gasteiger partial charge < -0.3 is 9.47 Å². The third-order valence-corrected chi connectivity index (χ3v) is 2.30. The van der Waals surface area contributed by atoms with Gasteiger partial charge in [-0.3, -0.25) is 9.59 Å². The minimum Gasteiger partial charge on any atom is -0.461 e. The van der Waals surface area contributed by atoms with Crippen molar-refractivity contribution in [2.45, 2.75) is 19.4 Å². The molecule has 1 rings (SSSR count). The van der Waals surface area contributed by atoms with Gasteiger partial charge in [-0.15, -0.1) is 0 Å². The zero-order chi connectivity index (χ0) is 12.5. The van der Waals surface area contributed by atoms with Gasteiger partial charge in [-0.2, -0.15) is 0 Å². The van der Waals surface area contributed by atoms with Crippen molar-refractivity contribution in [3.63, 3.8) is 0 Å². The van der Waals surface area contributed by atoms with Gasteiger partial charge in [0.1, 0.15) is 11.2 Å². The number of carbonyl (C=O) groups excluding carboxylic acids is 2. The number of hydrogen-bond acceptors (Lipinski definition) is 4. The highest BCUT2D eigenvalue weighted by Gasteiger charge is 2.08. The van der Waals surface area contributed by atoms with Crippen molar-refractivity contribution in [3.8, 4) is 0 Å². The van der Waals surface area contributed by atoms with Crippen LogP contribution >= 0.6 is 22.6 Å². The van der Waals surface area contributed by atoms with Gasteiger partial charge in [-0.05, 0) is 28.2 Å². The van der Waals surface area contributed by atoms with E-state index in [1.165, 1.54) is 0 Å². The molecule has 0 unspecified atom stereocenters. The fourth-order valence-electron chi connectivity index (χ4n) is 1.15. The number of esters is 2. The molecule has 0 amide bonds. The molecule has 0 bridgehead atoms. The van der Waals surface area contributed by atoms with Gasteiger partial charge in [0, 0.05) is 0 Å². The SMILES string of the molecule is O=C(CCC(=O)OCc1ccccc1)OCI. The summed E-state index contributed by atoms with van der Waals surface area (Å²) in [7, 11) is 0. The first-order valence-electron chi connectivity index (χ1n) is 5.13. The fraction of sp³-hybridized carbons (Fsp3) is 0.333. The highest BCUT2D eigenvalue weighted by Crippen LogP contribution is 2.03. The molecule has 0 saturated heterocycles. The predicted octanol–water partition coefficient (Wildman–Crippen LogP) is 2.45. The first-order valence-corrected chi connectivity index (χ1v) is 6.66. The molecule has 0 saturated carbocycles. The quantitative estimate of drug-likeness (QED) is 0.450. The van der Waals surface area contributed by atoms with Crippen LogP contribution in [-0.4, -0.2) is 16.6 Å². The highest BCUT2D eigenvalue weighted by atomic mass is 127. The number of hydrogen-bond donors (Lipinski definition) is 0. The third kappa shape index (κ3) is 6.25. The van der Waals surface area contributed by atoms with Gasteiger partial charge in [0.25, 0.3) is 0 Å². The van der Waals surface area contributed by atoms with Gasteiger partial charge in [0.05, 0.1) is 12.8 Å². The minimum atomic E-state index is -0.390. The summed E-state index contributed by atoms with van der Waals surface area (Å²) < 4.78 is 10.0. The van der Waals surface area contributed by atoms with Crippen molar-refractivity contribution in [1.82, 2.24) is 0 Å². The Labute approximate surface area is 113 Å². The Bertz CT molecular complexity index is 364. The molecule has 1 aromatic rings. The summed E-state index contributed by atoms with van der Waals surface area (Å²) in [5.74, 6) is -0.768. The van der Waals surface area contributed by atoms with Gasteiger partial charge in [-0.25, -0.2) is 0 Å². The Hall–Kier alpha value is -1.11.